The van der Waals surface area contributed by atoms with Gasteiger partial charge in [-0.3, -0.25) is 4.79 Å². The van der Waals surface area contributed by atoms with Gasteiger partial charge in [-0.1, -0.05) is 36.8 Å². The van der Waals surface area contributed by atoms with Crippen LogP contribution in [-0.2, 0) is 11.2 Å². The summed E-state index contributed by atoms with van der Waals surface area (Å²) >= 11 is 6.31. The standard InChI is InChI=1S/C15H21NOS2/c1-19-14-9-5-8-12(14)16-15(17)13(18)10-11-6-3-2-4-7-11/h2-4,6-7,12-14,18H,5,8-10H2,1H3,(H,16,17). The summed E-state index contributed by atoms with van der Waals surface area (Å²) in [6, 6.07) is 10.4. The van der Waals surface area contributed by atoms with Crippen molar-refractivity contribution >= 4 is 30.3 Å². The molecule has 2 nitrogen and oxygen atoms in total. The SMILES string of the molecule is CSC1CCCC1NC(=O)C(S)Cc1ccccc1. The number of thiol groups is 1. The van der Waals surface area contributed by atoms with Crippen molar-refractivity contribution in [2.75, 3.05) is 6.26 Å². The first-order valence-electron chi connectivity index (χ1n) is 6.76. The summed E-state index contributed by atoms with van der Waals surface area (Å²) < 4.78 is 0. The van der Waals surface area contributed by atoms with Crippen molar-refractivity contribution in [2.45, 2.75) is 42.2 Å². The van der Waals surface area contributed by atoms with Gasteiger partial charge in [0, 0.05) is 11.3 Å². The maximum absolute atomic E-state index is 12.2. The Kier molecular flexibility index (Phi) is 5.64. The monoisotopic (exact) mass is 295 g/mol. The Balaban J connectivity index is 1.85. The molecule has 0 radical (unpaired) electrons. The van der Waals surface area contributed by atoms with Crippen LogP contribution in [0, 0.1) is 0 Å². The first-order valence-corrected chi connectivity index (χ1v) is 8.56. The molecule has 104 valence electrons. The quantitative estimate of drug-likeness (QED) is 0.818. The minimum Gasteiger partial charge on any atom is -0.351 e. The van der Waals surface area contributed by atoms with Crippen LogP contribution in [0.15, 0.2) is 30.3 Å². The van der Waals surface area contributed by atoms with Gasteiger partial charge in [-0.05, 0) is 31.1 Å². The van der Waals surface area contributed by atoms with Crippen LogP contribution in [0.3, 0.4) is 0 Å². The lowest BCUT2D eigenvalue weighted by Crippen LogP contribution is -2.43. The molecule has 1 aromatic carbocycles. The van der Waals surface area contributed by atoms with E-state index in [0.29, 0.717) is 17.7 Å². The van der Waals surface area contributed by atoms with Crippen molar-refractivity contribution in [3.63, 3.8) is 0 Å². The maximum atomic E-state index is 12.2. The fourth-order valence-corrected chi connectivity index (χ4v) is 3.80. The topological polar surface area (TPSA) is 29.1 Å². The molecule has 3 unspecified atom stereocenters. The molecule has 0 aromatic heterocycles. The molecule has 1 N–H and O–H groups in total. The minimum absolute atomic E-state index is 0.0677. The molecule has 0 saturated heterocycles. The number of nitrogens with one attached hydrogen (secondary N) is 1. The minimum atomic E-state index is -0.259. The Morgan fingerprint density at radius 1 is 1.42 bits per heavy atom. The van der Waals surface area contributed by atoms with Gasteiger partial charge in [0.2, 0.25) is 5.91 Å². The Labute approximate surface area is 125 Å². The molecule has 2 rings (SSSR count). The predicted octanol–water partition coefficient (Wildman–Crippen LogP) is 2.93. The van der Waals surface area contributed by atoms with E-state index in [4.69, 9.17) is 0 Å². The summed E-state index contributed by atoms with van der Waals surface area (Å²) in [5, 5.41) is 3.48. The molecule has 1 saturated carbocycles. The number of rotatable bonds is 5. The van der Waals surface area contributed by atoms with Crippen molar-refractivity contribution in [1.29, 1.82) is 0 Å². The van der Waals surface area contributed by atoms with E-state index in [1.807, 2.05) is 42.1 Å². The van der Waals surface area contributed by atoms with E-state index in [-0.39, 0.29) is 11.2 Å². The molecular formula is C15H21NOS2. The van der Waals surface area contributed by atoms with Crippen LogP contribution in [0.25, 0.3) is 0 Å². The van der Waals surface area contributed by atoms with Crippen LogP contribution >= 0.6 is 24.4 Å². The molecular weight excluding hydrogens is 274 g/mol. The highest BCUT2D eigenvalue weighted by Gasteiger charge is 2.29. The van der Waals surface area contributed by atoms with Crippen molar-refractivity contribution in [1.82, 2.24) is 5.32 Å². The molecule has 3 atom stereocenters. The summed E-state index contributed by atoms with van der Waals surface area (Å²) in [6.45, 7) is 0. The zero-order chi connectivity index (χ0) is 13.7. The fourth-order valence-electron chi connectivity index (χ4n) is 2.58. The van der Waals surface area contributed by atoms with E-state index in [9.17, 15) is 4.79 Å². The summed E-state index contributed by atoms with van der Waals surface area (Å²) in [7, 11) is 0. The summed E-state index contributed by atoms with van der Waals surface area (Å²) in [5.74, 6) is 0.0677. The van der Waals surface area contributed by atoms with E-state index < -0.39 is 0 Å². The number of benzene rings is 1. The highest BCUT2D eigenvalue weighted by atomic mass is 32.2. The van der Waals surface area contributed by atoms with Gasteiger partial charge in [-0.2, -0.15) is 24.4 Å². The molecule has 0 heterocycles. The van der Waals surface area contributed by atoms with Gasteiger partial charge < -0.3 is 5.32 Å². The van der Waals surface area contributed by atoms with Crippen molar-refractivity contribution < 1.29 is 4.79 Å². The van der Waals surface area contributed by atoms with Gasteiger partial charge in [-0.25, -0.2) is 0 Å². The van der Waals surface area contributed by atoms with Gasteiger partial charge >= 0.3 is 0 Å². The van der Waals surface area contributed by atoms with Gasteiger partial charge in [0.25, 0.3) is 0 Å². The Morgan fingerprint density at radius 2 is 2.16 bits per heavy atom. The van der Waals surface area contributed by atoms with E-state index in [1.54, 1.807) is 0 Å². The second kappa shape index (κ2) is 7.25. The highest BCUT2D eigenvalue weighted by molar-refractivity contribution is 7.99. The van der Waals surface area contributed by atoms with Crippen molar-refractivity contribution in [3.05, 3.63) is 35.9 Å². The fraction of sp³-hybridized carbons (Fsp3) is 0.533. The lowest BCUT2D eigenvalue weighted by molar-refractivity contribution is -0.121. The molecule has 0 bridgehead atoms. The Bertz CT molecular complexity index is 410. The smallest absolute Gasteiger partial charge is 0.233 e. The second-order valence-corrected chi connectivity index (χ2v) is 6.73. The lowest BCUT2D eigenvalue weighted by Gasteiger charge is -2.21. The molecule has 19 heavy (non-hydrogen) atoms. The van der Waals surface area contributed by atoms with E-state index in [1.165, 1.54) is 12.8 Å². The van der Waals surface area contributed by atoms with E-state index in [0.717, 1.165) is 12.0 Å². The summed E-state index contributed by atoms with van der Waals surface area (Å²) in [5.41, 5.74) is 1.16. The van der Waals surface area contributed by atoms with Gasteiger partial charge in [0.05, 0.1) is 5.25 Å². The molecule has 1 aromatic rings. The zero-order valence-corrected chi connectivity index (χ0v) is 12.9. The summed E-state index contributed by atoms with van der Waals surface area (Å²) in [4.78, 5) is 12.2. The third-order valence-corrected chi connectivity index (χ3v) is 5.24. The number of carbonyl (C=O) groups is 1. The molecule has 1 aliphatic carbocycles. The average molecular weight is 295 g/mol. The molecule has 1 aliphatic rings. The number of carbonyl (C=O) groups excluding carboxylic acids is 1. The van der Waals surface area contributed by atoms with Crippen LogP contribution in [0.1, 0.15) is 24.8 Å². The van der Waals surface area contributed by atoms with Gasteiger partial charge in [-0.15, -0.1) is 0 Å². The van der Waals surface area contributed by atoms with Crippen LogP contribution in [0.5, 0.6) is 0 Å². The van der Waals surface area contributed by atoms with E-state index >= 15 is 0 Å². The van der Waals surface area contributed by atoms with Crippen LogP contribution in [-0.4, -0.2) is 28.7 Å². The number of hydrogen-bond acceptors (Lipinski definition) is 3. The van der Waals surface area contributed by atoms with Crippen LogP contribution < -0.4 is 5.32 Å². The average Bonchev–Trinajstić information content (AvgIpc) is 2.87. The first-order chi connectivity index (χ1) is 9.20. The highest BCUT2D eigenvalue weighted by Crippen LogP contribution is 2.28. The lowest BCUT2D eigenvalue weighted by atomic mass is 10.1. The number of hydrogen-bond donors (Lipinski definition) is 2. The molecule has 1 fully saturated rings. The van der Waals surface area contributed by atoms with Gasteiger partial charge in [0.15, 0.2) is 0 Å². The maximum Gasteiger partial charge on any atom is 0.233 e. The zero-order valence-electron chi connectivity index (χ0n) is 11.2. The number of amides is 1. The predicted molar refractivity (Wildman–Crippen MR) is 86.0 cm³/mol. The Hall–Kier alpha value is -0.610. The third-order valence-electron chi connectivity index (χ3n) is 3.66. The normalized spacial score (nSPS) is 24.1. The Morgan fingerprint density at radius 3 is 2.84 bits per heavy atom. The first kappa shape index (κ1) is 14.8. The molecule has 1 amide bonds. The van der Waals surface area contributed by atoms with E-state index in [2.05, 4.69) is 24.2 Å². The van der Waals surface area contributed by atoms with Crippen molar-refractivity contribution in [3.8, 4) is 0 Å². The van der Waals surface area contributed by atoms with Crippen molar-refractivity contribution in [2.24, 2.45) is 0 Å². The summed E-state index contributed by atoms with van der Waals surface area (Å²) in [6.07, 6.45) is 6.33. The molecule has 4 heteroatoms. The van der Waals surface area contributed by atoms with Gasteiger partial charge in [0.1, 0.15) is 0 Å². The van der Waals surface area contributed by atoms with Crippen LogP contribution in [0.4, 0.5) is 0 Å². The molecule has 0 aliphatic heterocycles. The third kappa shape index (κ3) is 4.18. The van der Waals surface area contributed by atoms with Crippen LogP contribution in [0.2, 0.25) is 0 Å². The second-order valence-electron chi connectivity index (χ2n) is 5.03. The largest absolute Gasteiger partial charge is 0.351 e. The molecule has 0 spiro atoms. The number of thioether (sulfide) groups is 1.